The number of benzene rings is 3. The summed E-state index contributed by atoms with van der Waals surface area (Å²) >= 11 is 0. The standard InChI is InChI=1S/C26H24N.C13H24O2.Ir/c1-16(2)14-18-10-7-13-23-20(18)15-22-25(27-23)19-11-5-8-17-9-6-12-21(24(17)19)26(22,3)4;1-5-10(6-2)12(14)9-13(15)11(7-3)8-4;/h5-10,12-13,15-16H,14H2,1-4H3;9-11,14H,5-8H2,1-4H3;/q-1;;/b;12-9-;/i14D2;;. The van der Waals surface area contributed by atoms with Crippen molar-refractivity contribution in [2.24, 2.45) is 17.8 Å². The van der Waals surface area contributed by atoms with Crippen LogP contribution in [0.25, 0.3) is 32.9 Å². The number of pyridine rings is 1. The zero-order valence-corrected chi connectivity index (χ0v) is 29.4. The topological polar surface area (TPSA) is 50.2 Å². The fourth-order valence-corrected chi connectivity index (χ4v) is 6.21. The quantitative estimate of drug-likeness (QED) is 0.105. The number of allylic oxidation sites excluding steroid dienone is 2. The Morgan fingerprint density at radius 2 is 1.63 bits per heavy atom. The molecule has 1 aliphatic rings. The van der Waals surface area contributed by atoms with Crippen LogP contribution < -0.4 is 0 Å². The molecule has 1 aromatic heterocycles. The first-order chi connectivity index (χ1) is 20.8. The van der Waals surface area contributed by atoms with Crippen molar-refractivity contribution in [1.82, 2.24) is 4.98 Å². The number of rotatable bonds is 9. The molecule has 0 unspecified atom stereocenters. The Hall–Kier alpha value is -2.81. The van der Waals surface area contributed by atoms with Gasteiger partial charge in [0.1, 0.15) is 0 Å². The zero-order chi connectivity index (χ0) is 32.4. The van der Waals surface area contributed by atoms with E-state index in [1.807, 2.05) is 65.8 Å². The SMILES string of the molecule is CCC(CC)C(=O)/C=C(\O)C(CC)CC.[2H]C([2H])(c1cccc2nc3c(cc12)C(C)(C)c1cccc2cc[c-]c-3c12)C(C)C.[Ir]. The summed E-state index contributed by atoms with van der Waals surface area (Å²) in [5, 5.41) is 13.1. The number of nitrogens with zero attached hydrogens (tertiary/aromatic N) is 1. The summed E-state index contributed by atoms with van der Waals surface area (Å²) in [5.41, 5.74) is 5.76. The number of aliphatic hydroxyl groups excluding tert-OH is 1. The summed E-state index contributed by atoms with van der Waals surface area (Å²) < 4.78 is 17.4. The first-order valence-corrected chi connectivity index (χ1v) is 15.7. The van der Waals surface area contributed by atoms with Crippen LogP contribution >= 0.6 is 0 Å². The maximum Gasteiger partial charge on any atom is 0.162 e. The van der Waals surface area contributed by atoms with Gasteiger partial charge in [-0.2, -0.15) is 0 Å². The Morgan fingerprint density at radius 3 is 2.26 bits per heavy atom. The normalized spacial score (nSPS) is 14.6. The van der Waals surface area contributed by atoms with E-state index in [2.05, 4.69) is 50.2 Å². The van der Waals surface area contributed by atoms with Crippen molar-refractivity contribution in [2.75, 3.05) is 0 Å². The number of fused-ring (bicyclic) bond motifs is 3. The molecular weight excluding hydrogens is 707 g/mol. The second kappa shape index (κ2) is 14.8. The Kier molecular flexibility index (Phi) is 10.9. The summed E-state index contributed by atoms with van der Waals surface area (Å²) in [6.45, 7) is 16.4. The van der Waals surface area contributed by atoms with Crippen molar-refractivity contribution in [1.29, 1.82) is 0 Å². The van der Waals surface area contributed by atoms with E-state index in [1.165, 1.54) is 22.4 Å². The predicted octanol–water partition coefficient (Wildman–Crippen LogP) is 10.6. The maximum atomic E-state index is 11.7. The van der Waals surface area contributed by atoms with Crippen LogP contribution in [0, 0.1) is 23.8 Å². The number of hydrogen-bond acceptors (Lipinski definition) is 3. The molecule has 0 saturated heterocycles. The van der Waals surface area contributed by atoms with Crippen LogP contribution in [0.2, 0.25) is 0 Å². The van der Waals surface area contributed by atoms with Crippen LogP contribution in [0.3, 0.4) is 0 Å². The Labute approximate surface area is 275 Å². The van der Waals surface area contributed by atoms with Gasteiger partial charge < -0.3 is 5.11 Å². The average molecular weight is 757 g/mol. The van der Waals surface area contributed by atoms with Crippen LogP contribution in [-0.4, -0.2) is 15.9 Å². The summed E-state index contributed by atoms with van der Waals surface area (Å²) in [7, 11) is 0. The molecule has 0 atom stereocenters. The molecule has 0 saturated carbocycles. The second-order valence-electron chi connectivity index (χ2n) is 12.3. The van der Waals surface area contributed by atoms with Crippen molar-refractivity contribution >= 4 is 27.5 Å². The molecule has 1 radical (unpaired) electrons. The first-order valence-electron chi connectivity index (χ1n) is 16.7. The van der Waals surface area contributed by atoms with Crippen LogP contribution in [0.5, 0.6) is 0 Å². The summed E-state index contributed by atoms with van der Waals surface area (Å²) in [6.07, 6.45) is 3.49. The number of carbonyl (C=O) groups is 1. The van der Waals surface area contributed by atoms with Gasteiger partial charge in [0.05, 0.1) is 11.3 Å². The van der Waals surface area contributed by atoms with E-state index in [-0.39, 0.29) is 54.8 Å². The molecule has 0 aliphatic heterocycles. The summed E-state index contributed by atoms with van der Waals surface area (Å²) in [5.74, 6) is 0.422. The minimum atomic E-state index is -1.42. The molecule has 1 heterocycles. The molecule has 1 aliphatic carbocycles. The molecule has 5 rings (SSSR count). The molecule has 1 N–H and O–H groups in total. The molecular formula is C39H48IrNO2-. The third kappa shape index (κ3) is 7.13. The molecule has 0 spiro atoms. The van der Waals surface area contributed by atoms with Crippen LogP contribution in [0.4, 0.5) is 0 Å². The smallest absolute Gasteiger partial charge is 0.162 e. The number of ketones is 1. The van der Waals surface area contributed by atoms with Crippen molar-refractivity contribution in [3.63, 3.8) is 0 Å². The van der Waals surface area contributed by atoms with Gasteiger partial charge in [-0.15, -0.1) is 29.1 Å². The number of aliphatic hydroxyl groups is 1. The van der Waals surface area contributed by atoms with Gasteiger partial charge in [-0.1, -0.05) is 108 Å². The maximum absolute atomic E-state index is 11.7. The van der Waals surface area contributed by atoms with Crippen molar-refractivity contribution in [2.45, 2.75) is 92.9 Å². The summed E-state index contributed by atoms with van der Waals surface area (Å²) in [6, 6.07) is 22.0. The van der Waals surface area contributed by atoms with Crippen molar-refractivity contribution in [3.8, 4) is 11.3 Å². The minimum absolute atomic E-state index is 0. The van der Waals surface area contributed by atoms with Gasteiger partial charge in [-0.05, 0) is 55.3 Å². The van der Waals surface area contributed by atoms with Crippen molar-refractivity contribution < 1.29 is 32.7 Å². The molecule has 4 aromatic rings. The van der Waals surface area contributed by atoms with Crippen LogP contribution in [0.1, 0.15) is 101 Å². The van der Waals surface area contributed by atoms with Gasteiger partial charge in [0.25, 0.3) is 0 Å². The minimum Gasteiger partial charge on any atom is -0.512 e. The van der Waals surface area contributed by atoms with Gasteiger partial charge >= 0.3 is 0 Å². The van der Waals surface area contributed by atoms with Crippen molar-refractivity contribution in [3.05, 3.63) is 89.2 Å². The van der Waals surface area contributed by atoms with E-state index in [0.717, 1.165) is 59.0 Å². The van der Waals surface area contributed by atoms with E-state index in [9.17, 15) is 9.90 Å². The molecule has 4 heteroatoms. The molecule has 3 nitrogen and oxygen atoms in total. The van der Waals surface area contributed by atoms with E-state index in [0.29, 0.717) is 0 Å². The molecule has 0 amide bonds. The molecule has 3 aromatic carbocycles. The molecule has 0 fully saturated rings. The van der Waals surface area contributed by atoms with Gasteiger partial charge in [0.2, 0.25) is 0 Å². The second-order valence-corrected chi connectivity index (χ2v) is 12.3. The molecule has 0 bridgehead atoms. The van der Waals surface area contributed by atoms with Crippen LogP contribution in [0.15, 0.2) is 66.4 Å². The van der Waals surface area contributed by atoms with E-state index in [1.54, 1.807) is 0 Å². The monoisotopic (exact) mass is 757 g/mol. The van der Waals surface area contributed by atoms with Gasteiger partial charge in [0, 0.05) is 51.6 Å². The van der Waals surface area contributed by atoms with Gasteiger partial charge in [-0.3, -0.25) is 9.78 Å². The fraction of sp³-hybridized carbons (Fsp3) is 0.436. The third-order valence-electron chi connectivity index (χ3n) is 8.81. The zero-order valence-electron chi connectivity index (χ0n) is 29.0. The predicted molar refractivity (Wildman–Crippen MR) is 178 cm³/mol. The third-order valence-corrected chi connectivity index (χ3v) is 8.81. The Balaban J connectivity index is 0.000000297. The number of carbonyl (C=O) groups excluding carboxylic acids is 1. The van der Waals surface area contributed by atoms with Crippen LogP contribution in [-0.2, 0) is 36.7 Å². The average Bonchev–Trinajstić information content (AvgIpc) is 3.00. The molecule has 231 valence electrons. The molecule has 43 heavy (non-hydrogen) atoms. The number of aromatic nitrogens is 1. The first kappa shape index (κ1) is 31.6. The van der Waals surface area contributed by atoms with E-state index >= 15 is 0 Å². The van der Waals surface area contributed by atoms with E-state index < -0.39 is 6.37 Å². The van der Waals surface area contributed by atoms with E-state index in [4.69, 9.17) is 7.73 Å². The van der Waals surface area contributed by atoms with Gasteiger partial charge in [0.15, 0.2) is 5.78 Å². The fourth-order valence-electron chi connectivity index (χ4n) is 6.21. The Morgan fingerprint density at radius 1 is 0.977 bits per heavy atom. The number of hydrogen-bond donors (Lipinski definition) is 1. The Bertz CT molecular complexity index is 1680. The van der Waals surface area contributed by atoms with Gasteiger partial charge in [-0.25, -0.2) is 0 Å². The summed E-state index contributed by atoms with van der Waals surface area (Å²) in [4.78, 5) is 16.8. The largest absolute Gasteiger partial charge is 0.512 e.